The fourth-order valence-corrected chi connectivity index (χ4v) is 3.52. The Hall–Kier alpha value is -1.02. The smallest absolute Gasteiger partial charge is 0.118 e. The second kappa shape index (κ2) is 7.12. The van der Waals surface area contributed by atoms with Crippen molar-refractivity contribution in [2.75, 3.05) is 13.7 Å². The van der Waals surface area contributed by atoms with E-state index in [0.717, 1.165) is 18.7 Å². The Balaban J connectivity index is 2.07. The van der Waals surface area contributed by atoms with Crippen LogP contribution in [0.15, 0.2) is 24.3 Å². The maximum absolute atomic E-state index is 5.24. The largest absolute Gasteiger partial charge is 0.497 e. The van der Waals surface area contributed by atoms with Gasteiger partial charge in [0.2, 0.25) is 0 Å². The first-order valence-electron chi connectivity index (χ1n) is 8.04. The Kier molecular flexibility index (Phi) is 5.47. The van der Waals surface area contributed by atoms with Crippen LogP contribution in [-0.4, -0.2) is 19.7 Å². The van der Waals surface area contributed by atoms with Crippen LogP contribution in [-0.2, 0) is 6.42 Å². The summed E-state index contributed by atoms with van der Waals surface area (Å²) in [4.78, 5) is 0. The maximum Gasteiger partial charge on any atom is 0.118 e. The summed E-state index contributed by atoms with van der Waals surface area (Å²) in [5.74, 6) is 0.942. The Morgan fingerprint density at radius 1 is 1.15 bits per heavy atom. The quantitative estimate of drug-likeness (QED) is 0.840. The number of benzene rings is 1. The average Bonchev–Trinajstić information content (AvgIpc) is 2.48. The molecule has 0 aliphatic heterocycles. The maximum atomic E-state index is 5.24. The van der Waals surface area contributed by atoms with Crippen LogP contribution in [0.25, 0.3) is 0 Å². The van der Waals surface area contributed by atoms with Crippen LogP contribution in [0.5, 0.6) is 5.75 Å². The molecule has 0 amide bonds. The molecule has 0 saturated heterocycles. The van der Waals surface area contributed by atoms with Gasteiger partial charge in [-0.3, -0.25) is 0 Å². The molecule has 2 nitrogen and oxygen atoms in total. The minimum Gasteiger partial charge on any atom is -0.497 e. The van der Waals surface area contributed by atoms with Crippen molar-refractivity contribution in [3.63, 3.8) is 0 Å². The van der Waals surface area contributed by atoms with Crippen LogP contribution in [0.2, 0.25) is 0 Å². The molecule has 0 aromatic heterocycles. The molecule has 1 aliphatic carbocycles. The van der Waals surface area contributed by atoms with Crippen molar-refractivity contribution in [2.24, 2.45) is 5.41 Å². The summed E-state index contributed by atoms with van der Waals surface area (Å²) in [6.45, 7) is 5.74. The van der Waals surface area contributed by atoms with E-state index < -0.39 is 0 Å². The third kappa shape index (κ3) is 3.76. The van der Waals surface area contributed by atoms with Gasteiger partial charge in [0.05, 0.1) is 7.11 Å². The highest BCUT2D eigenvalue weighted by Crippen LogP contribution is 2.39. The summed E-state index contributed by atoms with van der Waals surface area (Å²) >= 11 is 0. The lowest BCUT2D eigenvalue weighted by molar-refractivity contribution is 0.145. The molecule has 1 saturated carbocycles. The molecule has 20 heavy (non-hydrogen) atoms. The van der Waals surface area contributed by atoms with E-state index in [1.807, 2.05) is 0 Å². The predicted molar refractivity (Wildman–Crippen MR) is 85.4 cm³/mol. The van der Waals surface area contributed by atoms with Gasteiger partial charge in [0.25, 0.3) is 0 Å². The number of hydrogen-bond acceptors (Lipinski definition) is 2. The Labute approximate surface area is 123 Å². The fourth-order valence-electron chi connectivity index (χ4n) is 3.52. The number of rotatable bonds is 6. The lowest BCUT2D eigenvalue weighted by Gasteiger charge is -2.41. The summed E-state index contributed by atoms with van der Waals surface area (Å²) in [7, 11) is 1.72. The molecule has 0 heterocycles. The van der Waals surface area contributed by atoms with Crippen molar-refractivity contribution in [3.8, 4) is 5.75 Å². The average molecular weight is 275 g/mol. The Morgan fingerprint density at radius 2 is 1.80 bits per heavy atom. The molecule has 1 unspecified atom stereocenters. The lowest BCUT2D eigenvalue weighted by Crippen LogP contribution is -2.46. The highest BCUT2D eigenvalue weighted by Gasteiger charge is 2.34. The van der Waals surface area contributed by atoms with Crippen LogP contribution in [0.1, 0.15) is 51.5 Å². The molecule has 1 fully saturated rings. The second-order valence-corrected chi connectivity index (χ2v) is 6.38. The van der Waals surface area contributed by atoms with E-state index in [-0.39, 0.29) is 0 Å². The molecule has 2 heteroatoms. The first kappa shape index (κ1) is 15.4. The molecular formula is C18H29NO. The fraction of sp³-hybridized carbons (Fsp3) is 0.667. The third-order valence-corrected chi connectivity index (χ3v) is 4.89. The molecule has 1 N–H and O–H groups in total. The summed E-state index contributed by atoms with van der Waals surface area (Å²) in [5.41, 5.74) is 1.86. The van der Waals surface area contributed by atoms with Crippen LogP contribution in [0.3, 0.4) is 0 Å². The normalized spacial score (nSPS) is 19.6. The lowest BCUT2D eigenvalue weighted by atomic mass is 9.69. The van der Waals surface area contributed by atoms with E-state index in [9.17, 15) is 0 Å². The van der Waals surface area contributed by atoms with Crippen molar-refractivity contribution in [2.45, 2.75) is 58.4 Å². The van der Waals surface area contributed by atoms with E-state index in [4.69, 9.17) is 4.74 Å². The van der Waals surface area contributed by atoms with Gasteiger partial charge in [0.15, 0.2) is 0 Å². The van der Waals surface area contributed by atoms with Gasteiger partial charge in [-0.2, -0.15) is 0 Å². The molecule has 112 valence electrons. The zero-order chi connectivity index (χ0) is 14.4. The predicted octanol–water partition coefficient (Wildman–Crippen LogP) is 4.19. The summed E-state index contributed by atoms with van der Waals surface area (Å²) in [5, 5.41) is 3.74. The van der Waals surface area contributed by atoms with Crippen LogP contribution < -0.4 is 10.1 Å². The van der Waals surface area contributed by atoms with Crippen molar-refractivity contribution < 1.29 is 4.74 Å². The molecule has 1 aliphatic rings. The summed E-state index contributed by atoms with van der Waals surface area (Å²) in [6, 6.07) is 9.13. The highest BCUT2D eigenvalue weighted by atomic mass is 16.5. The van der Waals surface area contributed by atoms with Crippen molar-refractivity contribution in [3.05, 3.63) is 29.8 Å². The first-order valence-corrected chi connectivity index (χ1v) is 8.04. The SMILES string of the molecule is CCNC(Cc1ccc(OC)cc1)C1(C)CCCCC1. The van der Waals surface area contributed by atoms with Crippen LogP contribution >= 0.6 is 0 Å². The van der Waals surface area contributed by atoms with Gasteiger partial charge in [-0.1, -0.05) is 45.2 Å². The number of hydrogen-bond donors (Lipinski definition) is 1. The number of likely N-dealkylation sites (N-methyl/N-ethyl adjacent to an activating group) is 1. The van der Waals surface area contributed by atoms with Gasteiger partial charge in [-0.15, -0.1) is 0 Å². The molecular weight excluding hydrogens is 246 g/mol. The molecule has 0 spiro atoms. The minimum atomic E-state index is 0.453. The van der Waals surface area contributed by atoms with Gasteiger partial charge >= 0.3 is 0 Å². The molecule has 2 rings (SSSR count). The zero-order valence-corrected chi connectivity index (χ0v) is 13.2. The minimum absolute atomic E-state index is 0.453. The summed E-state index contributed by atoms with van der Waals surface area (Å²) < 4.78 is 5.24. The number of ether oxygens (including phenoxy) is 1. The number of methoxy groups -OCH3 is 1. The first-order chi connectivity index (χ1) is 9.68. The molecule has 1 atom stereocenters. The van der Waals surface area contributed by atoms with Gasteiger partial charge in [0.1, 0.15) is 5.75 Å². The summed E-state index contributed by atoms with van der Waals surface area (Å²) in [6.07, 6.45) is 8.04. The topological polar surface area (TPSA) is 21.3 Å². The zero-order valence-electron chi connectivity index (χ0n) is 13.2. The van der Waals surface area contributed by atoms with Crippen LogP contribution in [0.4, 0.5) is 0 Å². The number of nitrogens with one attached hydrogen (secondary N) is 1. The second-order valence-electron chi connectivity index (χ2n) is 6.38. The molecule has 1 aromatic carbocycles. The van der Waals surface area contributed by atoms with Crippen molar-refractivity contribution in [1.29, 1.82) is 0 Å². The molecule has 0 bridgehead atoms. The molecule has 1 aromatic rings. The standard InChI is InChI=1S/C18H29NO/c1-4-19-17(18(2)12-6-5-7-13-18)14-15-8-10-16(20-3)11-9-15/h8-11,17,19H,4-7,12-14H2,1-3H3. The van der Waals surface area contributed by atoms with Crippen molar-refractivity contribution >= 4 is 0 Å². The van der Waals surface area contributed by atoms with Crippen LogP contribution in [0, 0.1) is 5.41 Å². The van der Waals surface area contributed by atoms with Gasteiger partial charge in [0, 0.05) is 6.04 Å². The highest BCUT2D eigenvalue weighted by molar-refractivity contribution is 5.28. The van der Waals surface area contributed by atoms with E-state index in [1.54, 1.807) is 7.11 Å². The Bertz CT molecular complexity index is 392. The monoisotopic (exact) mass is 275 g/mol. The third-order valence-electron chi connectivity index (χ3n) is 4.89. The van der Waals surface area contributed by atoms with Gasteiger partial charge < -0.3 is 10.1 Å². The van der Waals surface area contributed by atoms with E-state index in [1.165, 1.54) is 37.7 Å². The van der Waals surface area contributed by atoms with E-state index in [2.05, 4.69) is 43.4 Å². The van der Waals surface area contributed by atoms with E-state index >= 15 is 0 Å². The van der Waals surface area contributed by atoms with Gasteiger partial charge in [-0.25, -0.2) is 0 Å². The van der Waals surface area contributed by atoms with Gasteiger partial charge in [-0.05, 0) is 48.9 Å². The Morgan fingerprint density at radius 3 is 2.35 bits per heavy atom. The van der Waals surface area contributed by atoms with Crippen molar-refractivity contribution in [1.82, 2.24) is 5.32 Å². The molecule has 0 radical (unpaired) electrons. The van der Waals surface area contributed by atoms with E-state index in [0.29, 0.717) is 11.5 Å².